The molecule has 1 aromatic rings. The van der Waals surface area contributed by atoms with Crippen LogP contribution in [0.15, 0.2) is 18.2 Å². The van der Waals surface area contributed by atoms with Crippen molar-refractivity contribution in [2.75, 3.05) is 18.4 Å². The van der Waals surface area contributed by atoms with Crippen molar-refractivity contribution in [3.05, 3.63) is 23.2 Å². The van der Waals surface area contributed by atoms with E-state index in [1.165, 1.54) is 0 Å². The fourth-order valence-corrected chi connectivity index (χ4v) is 1.84. The third kappa shape index (κ3) is 4.28. The maximum atomic E-state index is 11.7. The van der Waals surface area contributed by atoms with Crippen molar-refractivity contribution < 1.29 is 14.3 Å². The number of anilines is 1. The van der Waals surface area contributed by atoms with E-state index in [0.717, 1.165) is 13.1 Å². The summed E-state index contributed by atoms with van der Waals surface area (Å²) in [6.45, 7) is 7.10. The van der Waals surface area contributed by atoms with Gasteiger partial charge in [-0.25, -0.2) is 4.79 Å². The highest BCUT2D eigenvalue weighted by Gasteiger charge is 2.19. The van der Waals surface area contributed by atoms with Gasteiger partial charge in [-0.2, -0.15) is 0 Å². The van der Waals surface area contributed by atoms with Crippen molar-refractivity contribution in [3.63, 3.8) is 0 Å². The number of carbonyl (C=O) groups excluding carboxylic acids is 1. The van der Waals surface area contributed by atoms with E-state index in [1.54, 1.807) is 39.0 Å². The lowest BCUT2D eigenvalue weighted by Gasteiger charge is -2.28. The van der Waals surface area contributed by atoms with Gasteiger partial charge in [0.2, 0.25) is 0 Å². The fourth-order valence-electron chi connectivity index (χ4n) is 1.62. The van der Waals surface area contributed by atoms with Crippen LogP contribution in [0.4, 0.5) is 10.5 Å². The molecule has 1 aromatic carbocycles. The average Bonchev–Trinajstić information content (AvgIpc) is 2.24. The van der Waals surface area contributed by atoms with E-state index in [2.05, 4.69) is 10.6 Å². The smallest absolute Gasteiger partial charge is 0.412 e. The van der Waals surface area contributed by atoms with Gasteiger partial charge in [0, 0.05) is 19.2 Å². The second kappa shape index (κ2) is 5.89. The van der Waals surface area contributed by atoms with Gasteiger partial charge in [0.05, 0.1) is 10.7 Å². The molecule has 6 heteroatoms. The lowest BCUT2D eigenvalue weighted by Crippen LogP contribution is -2.50. The number of nitrogens with one attached hydrogen (secondary N) is 2. The van der Waals surface area contributed by atoms with Crippen molar-refractivity contribution >= 4 is 23.4 Å². The van der Waals surface area contributed by atoms with Crippen molar-refractivity contribution in [2.24, 2.45) is 0 Å². The number of carbonyl (C=O) groups is 1. The number of rotatable bonds is 3. The van der Waals surface area contributed by atoms with Crippen LogP contribution in [0, 0.1) is 0 Å². The number of benzene rings is 1. The van der Waals surface area contributed by atoms with E-state index >= 15 is 0 Å². The third-order valence-electron chi connectivity index (χ3n) is 2.62. The van der Waals surface area contributed by atoms with Crippen molar-refractivity contribution in [1.29, 1.82) is 0 Å². The molecule has 1 heterocycles. The first-order valence-corrected chi connectivity index (χ1v) is 6.88. The Morgan fingerprint density at radius 1 is 1.40 bits per heavy atom. The Morgan fingerprint density at radius 2 is 2.10 bits per heavy atom. The second-order valence-electron chi connectivity index (χ2n) is 5.67. The zero-order valence-electron chi connectivity index (χ0n) is 11.8. The van der Waals surface area contributed by atoms with Crippen molar-refractivity contribution in [1.82, 2.24) is 5.32 Å². The Hall–Kier alpha value is -1.46. The summed E-state index contributed by atoms with van der Waals surface area (Å²) in [4.78, 5) is 11.7. The summed E-state index contributed by atoms with van der Waals surface area (Å²) in [5.41, 5.74) is -0.0448. The standard InChI is InChI=1S/C14H19ClN2O3/c1-14(2,3)20-13(18)17-12-5-4-9(6-11(12)15)19-10-7-16-8-10/h4-6,10,16H,7-8H2,1-3H3,(H,17,18). The van der Waals surface area contributed by atoms with Gasteiger partial charge in [-0.15, -0.1) is 0 Å². The lowest BCUT2D eigenvalue weighted by molar-refractivity contribution is 0.0636. The molecular weight excluding hydrogens is 280 g/mol. The molecule has 0 aliphatic carbocycles. The van der Waals surface area contributed by atoms with Crippen LogP contribution >= 0.6 is 11.6 Å². The Bertz CT molecular complexity index is 496. The van der Waals surface area contributed by atoms with E-state index in [4.69, 9.17) is 21.1 Å². The number of amides is 1. The minimum atomic E-state index is -0.545. The van der Waals surface area contributed by atoms with Crippen LogP contribution in [0.3, 0.4) is 0 Å². The summed E-state index contributed by atoms with van der Waals surface area (Å²) in [6, 6.07) is 5.16. The molecule has 0 saturated carbocycles. The number of halogens is 1. The summed E-state index contributed by atoms with van der Waals surface area (Å²) in [5, 5.41) is 6.16. The first kappa shape index (κ1) is 14.9. The predicted octanol–water partition coefficient (Wildman–Crippen LogP) is 3.04. The molecule has 1 aliphatic rings. The molecule has 0 aromatic heterocycles. The van der Waals surface area contributed by atoms with Gasteiger partial charge in [0.15, 0.2) is 0 Å². The van der Waals surface area contributed by atoms with Gasteiger partial charge >= 0.3 is 6.09 Å². The molecule has 1 fully saturated rings. The second-order valence-corrected chi connectivity index (χ2v) is 6.07. The summed E-state index contributed by atoms with van der Waals surface area (Å²) < 4.78 is 10.9. The highest BCUT2D eigenvalue weighted by atomic mass is 35.5. The predicted molar refractivity (Wildman–Crippen MR) is 78.6 cm³/mol. The Labute approximate surface area is 123 Å². The molecule has 0 unspecified atom stereocenters. The highest BCUT2D eigenvalue weighted by molar-refractivity contribution is 6.33. The molecule has 2 N–H and O–H groups in total. The van der Waals surface area contributed by atoms with Gasteiger partial charge < -0.3 is 14.8 Å². The molecule has 1 saturated heterocycles. The summed E-state index contributed by atoms with van der Waals surface area (Å²) in [5.74, 6) is 0.691. The van der Waals surface area contributed by atoms with Crippen LogP contribution in [0.25, 0.3) is 0 Å². The monoisotopic (exact) mass is 298 g/mol. The van der Waals surface area contributed by atoms with Crippen LogP contribution in [0.1, 0.15) is 20.8 Å². The van der Waals surface area contributed by atoms with Crippen molar-refractivity contribution in [2.45, 2.75) is 32.5 Å². The number of hydrogen-bond donors (Lipinski definition) is 2. The number of hydrogen-bond acceptors (Lipinski definition) is 4. The molecule has 2 rings (SSSR count). The maximum Gasteiger partial charge on any atom is 0.412 e. The average molecular weight is 299 g/mol. The fraction of sp³-hybridized carbons (Fsp3) is 0.500. The quantitative estimate of drug-likeness (QED) is 0.900. The van der Waals surface area contributed by atoms with Crippen LogP contribution in [-0.4, -0.2) is 30.9 Å². The van der Waals surface area contributed by atoms with Gasteiger partial charge in [0.1, 0.15) is 17.5 Å². The van der Waals surface area contributed by atoms with Gasteiger partial charge in [-0.1, -0.05) is 11.6 Å². The molecule has 110 valence electrons. The molecule has 0 atom stereocenters. The van der Waals surface area contributed by atoms with Crippen molar-refractivity contribution in [3.8, 4) is 5.75 Å². The third-order valence-corrected chi connectivity index (χ3v) is 2.94. The molecule has 1 aliphatic heterocycles. The zero-order chi connectivity index (χ0) is 14.8. The normalized spacial score (nSPS) is 15.4. The largest absolute Gasteiger partial charge is 0.488 e. The summed E-state index contributed by atoms with van der Waals surface area (Å²) in [7, 11) is 0. The van der Waals surface area contributed by atoms with Crippen LogP contribution in [0.5, 0.6) is 5.75 Å². The van der Waals surface area contributed by atoms with Crippen LogP contribution in [-0.2, 0) is 4.74 Å². The van der Waals surface area contributed by atoms with E-state index in [0.29, 0.717) is 16.5 Å². The van der Waals surface area contributed by atoms with E-state index < -0.39 is 11.7 Å². The van der Waals surface area contributed by atoms with E-state index in [9.17, 15) is 4.79 Å². The van der Waals surface area contributed by atoms with Gasteiger partial charge in [0.25, 0.3) is 0 Å². The van der Waals surface area contributed by atoms with E-state index in [-0.39, 0.29) is 6.10 Å². The van der Waals surface area contributed by atoms with Crippen LogP contribution < -0.4 is 15.4 Å². The molecule has 20 heavy (non-hydrogen) atoms. The topological polar surface area (TPSA) is 59.6 Å². The molecule has 0 spiro atoms. The summed E-state index contributed by atoms with van der Waals surface area (Å²) >= 11 is 6.12. The van der Waals surface area contributed by atoms with Crippen LogP contribution in [0.2, 0.25) is 5.02 Å². The maximum absolute atomic E-state index is 11.7. The SMILES string of the molecule is CC(C)(C)OC(=O)Nc1ccc(OC2CNC2)cc1Cl. The first-order chi connectivity index (χ1) is 9.33. The Kier molecular flexibility index (Phi) is 4.40. The molecule has 0 bridgehead atoms. The molecule has 0 radical (unpaired) electrons. The highest BCUT2D eigenvalue weighted by Crippen LogP contribution is 2.28. The molecule has 1 amide bonds. The summed E-state index contributed by atoms with van der Waals surface area (Å²) in [6.07, 6.45) is -0.341. The van der Waals surface area contributed by atoms with Gasteiger partial charge in [-0.05, 0) is 32.9 Å². The Balaban J connectivity index is 1.96. The lowest BCUT2D eigenvalue weighted by atomic mass is 10.2. The molecule has 5 nitrogen and oxygen atoms in total. The minimum Gasteiger partial charge on any atom is -0.488 e. The van der Waals surface area contributed by atoms with Gasteiger partial charge in [-0.3, -0.25) is 5.32 Å². The Morgan fingerprint density at radius 3 is 2.60 bits per heavy atom. The number of ether oxygens (including phenoxy) is 2. The van der Waals surface area contributed by atoms with E-state index in [1.807, 2.05) is 0 Å². The molecular formula is C14H19ClN2O3. The first-order valence-electron chi connectivity index (χ1n) is 6.50. The zero-order valence-corrected chi connectivity index (χ0v) is 12.6. The minimum absolute atomic E-state index is 0.190.